The molecule has 0 saturated carbocycles. The number of carboxylic acid groups (broad SMARTS) is 1. The Morgan fingerprint density at radius 2 is 1.76 bits per heavy atom. The molecule has 14 heteroatoms. The first-order valence-corrected chi connectivity index (χ1v) is 10.8. The van der Waals surface area contributed by atoms with E-state index < -0.39 is 36.5 Å². The van der Waals surface area contributed by atoms with Crippen LogP contribution in [-0.4, -0.2) is 73.0 Å². The third-order valence-corrected chi connectivity index (χ3v) is 5.46. The van der Waals surface area contributed by atoms with Gasteiger partial charge in [-0.05, 0) is 24.3 Å². The molecule has 194 valence electrons. The van der Waals surface area contributed by atoms with Crippen molar-refractivity contribution in [3.63, 3.8) is 0 Å². The minimum Gasteiger partial charge on any atom is -0.475 e. The van der Waals surface area contributed by atoms with Gasteiger partial charge in [0, 0.05) is 30.6 Å². The Morgan fingerprint density at radius 1 is 1.05 bits per heavy atom. The maximum Gasteiger partial charge on any atom is 0.490 e. The smallest absolute Gasteiger partial charge is 0.475 e. The highest BCUT2D eigenvalue weighted by Crippen LogP contribution is 2.32. The van der Waals surface area contributed by atoms with Crippen molar-refractivity contribution < 1.29 is 41.4 Å². The number of hydrogen-bond donors (Lipinski definition) is 1. The molecule has 0 bridgehead atoms. The summed E-state index contributed by atoms with van der Waals surface area (Å²) >= 11 is 0. The van der Waals surface area contributed by atoms with Gasteiger partial charge in [0.2, 0.25) is 5.88 Å². The van der Waals surface area contributed by atoms with Gasteiger partial charge in [0.05, 0.1) is 17.6 Å². The van der Waals surface area contributed by atoms with Gasteiger partial charge in [-0.25, -0.2) is 23.1 Å². The zero-order valence-corrected chi connectivity index (χ0v) is 18.8. The summed E-state index contributed by atoms with van der Waals surface area (Å²) in [5.74, 6) is -6.19. The van der Waals surface area contributed by atoms with E-state index in [1.54, 1.807) is 42.6 Å². The molecule has 1 amide bonds. The van der Waals surface area contributed by atoms with Crippen molar-refractivity contribution in [2.75, 3.05) is 13.1 Å². The fraction of sp³-hybridized carbons (Fsp3) is 0.261. The van der Waals surface area contributed by atoms with Crippen molar-refractivity contribution in [2.24, 2.45) is 0 Å². The van der Waals surface area contributed by atoms with Gasteiger partial charge in [-0.1, -0.05) is 29.5 Å². The van der Waals surface area contributed by atoms with E-state index in [-0.39, 0.29) is 24.7 Å². The average Bonchev–Trinajstić information content (AvgIpc) is 3.29. The Bertz CT molecular complexity index is 1440. The molecule has 1 fully saturated rings. The standard InChI is InChI=1S/C21H17F2N5O2.C2HF3O2/c22-21(23)10-12-27(20(29)19-16-7-3-4-11-28(16)26-25-19)13-17(21)30-18-9-8-14-5-1-2-6-15(14)24-18;3-2(4,5)1(6)7/h1-9,11,17H,10,12-13H2;(H,6,7). The summed E-state index contributed by atoms with van der Waals surface area (Å²) in [6.45, 7) is -0.366. The number of piperidine rings is 1. The zero-order valence-electron chi connectivity index (χ0n) is 18.8. The van der Waals surface area contributed by atoms with Gasteiger partial charge in [0.1, 0.15) is 0 Å². The second kappa shape index (κ2) is 9.95. The number of halogens is 5. The van der Waals surface area contributed by atoms with Gasteiger partial charge in [-0.15, -0.1) is 5.10 Å². The largest absolute Gasteiger partial charge is 0.490 e. The van der Waals surface area contributed by atoms with Crippen molar-refractivity contribution in [2.45, 2.75) is 24.6 Å². The fourth-order valence-corrected chi connectivity index (χ4v) is 3.58. The van der Waals surface area contributed by atoms with E-state index >= 15 is 0 Å². The first kappa shape index (κ1) is 25.7. The second-order valence-corrected chi connectivity index (χ2v) is 7.98. The van der Waals surface area contributed by atoms with Gasteiger partial charge in [0.25, 0.3) is 11.8 Å². The highest BCUT2D eigenvalue weighted by molar-refractivity contribution is 5.98. The lowest BCUT2D eigenvalue weighted by Crippen LogP contribution is -2.55. The van der Waals surface area contributed by atoms with E-state index in [1.165, 1.54) is 9.42 Å². The SMILES string of the molecule is O=C(O)C(F)(F)F.O=C(c1nnn2ccccc12)N1CCC(F)(F)C(Oc2ccc3ccccc3n2)C1. The summed E-state index contributed by atoms with van der Waals surface area (Å²) < 4.78 is 67.9. The maximum absolute atomic E-state index is 14.6. The van der Waals surface area contributed by atoms with Crippen LogP contribution in [-0.2, 0) is 4.79 Å². The molecule has 1 aliphatic heterocycles. The van der Waals surface area contributed by atoms with E-state index in [0.29, 0.717) is 11.0 Å². The van der Waals surface area contributed by atoms with E-state index in [1.807, 2.05) is 18.2 Å². The van der Waals surface area contributed by atoms with Gasteiger partial charge < -0.3 is 14.7 Å². The van der Waals surface area contributed by atoms with Gasteiger partial charge in [0.15, 0.2) is 11.8 Å². The lowest BCUT2D eigenvalue weighted by atomic mass is 10.0. The summed E-state index contributed by atoms with van der Waals surface area (Å²) in [5, 5.41) is 15.9. The lowest BCUT2D eigenvalue weighted by molar-refractivity contribution is -0.192. The zero-order chi connectivity index (χ0) is 26.8. The molecule has 37 heavy (non-hydrogen) atoms. The minimum absolute atomic E-state index is 0.0945. The van der Waals surface area contributed by atoms with Crippen molar-refractivity contribution in [3.05, 3.63) is 66.5 Å². The number of alkyl halides is 5. The highest BCUT2D eigenvalue weighted by Gasteiger charge is 2.47. The van der Waals surface area contributed by atoms with E-state index in [2.05, 4.69) is 15.3 Å². The molecule has 0 spiro atoms. The van der Waals surface area contributed by atoms with Gasteiger partial charge in [-0.3, -0.25) is 4.79 Å². The molecule has 9 nitrogen and oxygen atoms in total. The number of benzene rings is 1. The minimum atomic E-state index is -5.08. The summed E-state index contributed by atoms with van der Waals surface area (Å²) in [7, 11) is 0. The first-order chi connectivity index (χ1) is 17.5. The van der Waals surface area contributed by atoms with Crippen LogP contribution in [0.3, 0.4) is 0 Å². The first-order valence-electron chi connectivity index (χ1n) is 10.8. The molecular formula is C23H18F5N5O4. The van der Waals surface area contributed by atoms with Gasteiger partial charge >= 0.3 is 12.1 Å². The highest BCUT2D eigenvalue weighted by atomic mass is 19.4. The quantitative estimate of drug-likeness (QED) is 0.407. The second-order valence-electron chi connectivity index (χ2n) is 7.98. The number of pyridine rings is 2. The number of rotatable bonds is 3. The number of aliphatic carboxylic acids is 1. The van der Waals surface area contributed by atoms with Crippen LogP contribution in [0.25, 0.3) is 16.4 Å². The van der Waals surface area contributed by atoms with Crippen molar-refractivity contribution in [3.8, 4) is 5.88 Å². The van der Waals surface area contributed by atoms with E-state index in [4.69, 9.17) is 14.6 Å². The summed E-state index contributed by atoms with van der Waals surface area (Å²) in [6, 6.07) is 15.9. The van der Waals surface area contributed by atoms with Crippen LogP contribution in [0, 0.1) is 0 Å². The van der Waals surface area contributed by atoms with E-state index in [0.717, 1.165) is 5.39 Å². The molecular weight excluding hydrogens is 505 g/mol. The molecule has 0 aliphatic carbocycles. The van der Waals surface area contributed by atoms with Crippen LogP contribution in [0.4, 0.5) is 22.0 Å². The number of nitrogens with zero attached hydrogens (tertiary/aromatic N) is 5. The Kier molecular flexibility index (Phi) is 6.92. The molecule has 3 aromatic heterocycles. The molecule has 1 saturated heterocycles. The molecule has 1 unspecified atom stereocenters. The molecule has 1 atom stereocenters. The van der Waals surface area contributed by atoms with Crippen molar-refractivity contribution in [1.82, 2.24) is 24.7 Å². The molecule has 1 N–H and O–H groups in total. The number of likely N-dealkylation sites (tertiary alicyclic amines) is 1. The predicted molar refractivity (Wildman–Crippen MR) is 118 cm³/mol. The number of amides is 1. The Balaban J connectivity index is 0.000000405. The molecule has 1 aromatic carbocycles. The fourth-order valence-electron chi connectivity index (χ4n) is 3.58. The van der Waals surface area contributed by atoms with Gasteiger partial charge in [-0.2, -0.15) is 13.2 Å². The monoisotopic (exact) mass is 523 g/mol. The number of fused-ring (bicyclic) bond motifs is 2. The molecule has 1 aliphatic rings. The number of carboxylic acids is 1. The third kappa shape index (κ3) is 5.73. The molecule has 4 heterocycles. The number of hydrogen-bond acceptors (Lipinski definition) is 6. The summed E-state index contributed by atoms with van der Waals surface area (Å²) in [5.41, 5.74) is 1.30. The number of para-hydroxylation sites is 1. The number of carbonyl (C=O) groups is 2. The van der Waals surface area contributed by atoms with E-state index in [9.17, 15) is 26.7 Å². The summed E-state index contributed by atoms with van der Waals surface area (Å²) in [6.07, 6.45) is -5.43. The lowest BCUT2D eigenvalue weighted by Gasteiger charge is -2.37. The van der Waals surface area contributed by atoms with Crippen LogP contribution < -0.4 is 4.74 Å². The Labute approximate surface area is 205 Å². The number of ether oxygens (including phenoxy) is 1. The Morgan fingerprint density at radius 3 is 2.49 bits per heavy atom. The van der Waals surface area contributed by atoms with Crippen LogP contribution in [0.1, 0.15) is 16.9 Å². The third-order valence-electron chi connectivity index (χ3n) is 5.46. The van der Waals surface area contributed by atoms with Crippen LogP contribution in [0.5, 0.6) is 5.88 Å². The summed E-state index contributed by atoms with van der Waals surface area (Å²) in [4.78, 5) is 27.5. The van der Waals surface area contributed by atoms with Crippen LogP contribution >= 0.6 is 0 Å². The number of carbonyl (C=O) groups excluding carboxylic acids is 1. The predicted octanol–water partition coefficient (Wildman–Crippen LogP) is 3.84. The van der Waals surface area contributed by atoms with Crippen molar-refractivity contribution in [1.29, 1.82) is 0 Å². The number of aromatic nitrogens is 4. The molecule has 5 rings (SSSR count). The van der Waals surface area contributed by atoms with Crippen LogP contribution in [0.2, 0.25) is 0 Å². The normalized spacial score (nSPS) is 17.2. The molecule has 0 radical (unpaired) electrons. The topological polar surface area (TPSA) is 110 Å². The maximum atomic E-state index is 14.6. The Hall–Kier alpha value is -4.36. The average molecular weight is 523 g/mol. The van der Waals surface area contributed by atoms with Crippen molar-refractivity contribution >= 4 is 28.3 Å². The van der Waals surface area contributed by atoms with Crippen LogP contribution in [0.15, 0.2) is 60.8 Å². The molecule has 4 aromatic rings.